The van der Waals surface area contributed by atoms with Crippen LogP contribution < -0.4 is 4.74 Å². The van der Waals surface area contributed by atoms with Crippen molar-refractivity contribution >= 4 is 5.78 Å². The Morgan fingerprint density at radius 1 is 1.38 bits per heavy atom. The SMILES string of the molecule is CCC(=O)C(C)Oc1ccccc1. The van der Waals surface area contributed by atoms with E-state index in [1.54, 1.807) is 6.92 Å². The number of carbonyl (C=O) groups is 1. The fraction of sp³-hybridized carbons (Fsp3) is 0.364. The van der Waals surface area contributed by atoms with Crippen LogP contribution in [0.3, 0.4) is 0 Å². The molecule has 0 saturated heterocycles. The second-order valence-corrected chi connectivity index (χ2v) is 2.89. The molecule has 0 bridgehead atoms. The van der Waals surface area contributed by atoms with Crippen molar-refractivity contribution in [2.45, 2.75) is 26.4 Å². The van der Waals surface area contributed by atoms with Crippen LogP contribution in [0.2, 0.25) is 0 Å². The predicted octanol–water partition coefficient (Wildman–Crippen LogP) is 2.43. The summed E-state index contributed by atoms with van der Waals surface area (Å²) in [5.41, 5.74) is 0. The van der Waals surface area contributed by atoms with Gasteiger partial charge in [0.05, 0.1) is 0 Å². The number of ether oxygens (including phenoxy) is 1. The van der Waals surface area contributed by atoms with Gasteiger partial charge in [-0.25, -0.2) is 0 Å². The number of ketones is 1. The number of carbonyl (C=O) groups excluding carboxylic acids is 1. The molecule has 70 valence electrons. The number of hydrogen-bond donors (Lipinski definition) is 0. The highest BCUT2D eigenvalue weighted by Gasteiger charge is 2.11. The molecule has 13 heavy (non-hydrogen) atoms. The van der Waals surface area contributed by atoms with Crippen LogP contribution in [-0.2, 0) is 4.79 Å². The second kappa shape index (κ2) is 4.65. The molecule has 1 unspecified atom stereocenters. The Labute approximate surface area is 78.5 Å². The standard InChI is InChI=1S/C11H14O2/c1-3-11(12)9(2)13-10-7-5-4-6-8-10/h4-9H,3H2,1-2H3. The minimum atomic E-state index is -0.340. The van der Waals surface area contributed by atoms with Crippen LogP contribution in [0.25, 0.3) is 0 Å². The van der Waals surface area contributed by atoms with Gasteiger partial charge in [-0.2, -0.15) is 0 Å². The maximum atomic E-state index is 11.2. The third kappa shape index (κ3) is 2.90. The molecule has 0 saturated carbocycles. The third-order valence-corrected chi connectivity index (χ3v) is 1.86. The molecule has 0 aromatic heterocycles. The molecule has 0 radical (unpaired) electrons. The Balaban J connectivity index is 2.55. The average molecular weight is 178 g/mol. The normalized spacial score (nSPS) is 12.2. The van der Waals surface area contributed by atoms with Crippen LogP contribution in [0.1, 0.15) is 20.3 Å². The molecular weight excluding hydrogens is 164 g/mol. The van der Waals surface area contributed by atoms with Crippen LogP contribution in [0.15, 0.2) is 30.3 Å². The minimum absolute atomic E-state index is 0.129. The lowest BCUT2D eigenvalue weighted by Crippen LogP contribution is -2.22. The summed E-state index contributed by atoms with van der Waals surface area (Å²) < 4.78 is 5.42. The van der Waals surface area contributed by atoms with E-state index in [1.807, 2.05) is 37.3 Å². The van der Waals surface area contributed by atoms with Crippen LogP contribution in [0.4, 0.5) is 0 Å². The van der Waals surface area contributed by atoms with E-state index in [0.29, 0.717) is 6.42 Å². The number of benzene rings is 1. The summed E-state index contributed by atoms with van der Waals surface area (Å²) in [6.45, 7) is 3.62. The minimum Gasteiger partial charge on any atom is -0.483 e. The van der Waals surface area contributed by atoms with Crippen LogP contribution in [0.5, 0.6) is 5.75 Å². The summed E-state index contributed by atoms with van der Waals surface area (Å²) in [6.07, 6.45) is 0.181. The first-order valence-corrected chi connectivity index (χ1v) is 4.48. The maximum Gasteiger partial charge on any atom is 0.172 e. The van der Waals surface area contributed by atoms with E-state index in [2.05, 4.69) is 0 Å². The average Bonchev–Trinajstić information content (AvgIpc) is 2.18. The predicted molar refractivity (Wildman–Crippen MR) is 51.8 cm³/mol. The molecule has 2 heteroatoms. The fourth-order valence-electron chi connectivity index (χ4n) is 1.06. The van der Waals surface area contributed by atoms with Crippen molar-refractivity contribution < 1.29 is 9.53 Å². The summed E-state index contributed by atoms with van der Waals surface area (Å²) in [5.74, 6) is 0.876. The van der Waals surface area contributed by atoms with E-state index < -0.39 is 0 Å². The van der Waals surface area contributed by atoms with E-state index >= 15 is 0 Å². The zero-order valence-corrected chi connectivity index (χ0v) is 7.99. The molecule has 0 N–H and O–H groups in total. The van der Waals surface area contributed by atoms with Crippen LogP contribution in [0, 0.1) is 0 Å². The van der Waals surface area contributed by atoms with Gasteiger partial charge in [-0.05, 0) is 19.1 Å². The Morgan fingerprint density at radius 2 is 2.00 bits per heavy atom. The Bertz CT molecular complexity index is 267. The Hall–Kier alpha value is -1.31. The van der Waals surface area contributed by atoms with Crippen molar-refractivity contribution in [1.82, 2.24) is 0 Å². The number of rotatable bonds is 4. The topological polar surface area (TPSA) is 26.3 Å². The van der Waals surface area contributed by atoms with Crippen molar-refractivity contribution in [2.24, 2.45) is 0 Å². The van der Waals surface area contributed by atoms with Gasteiger partial charge >= 0.3 is 0 Å². The summed E-state index contributed by atoms with van der Waals surface area (Å²) in [7, 11) is 0. The molecule has 0 aliphatic carbocycles. The first-order valence-electron chi connectivity index (χ1n) is 4.48. The number of Topliss-reactive ketones (excluding diaryl/α,β-unsaturated/α-hetero) is 1. The van der Waals surface area contributed by atoms with Gasteiger partial charge in [0, 0.05) is 6.42 Å². The van der Waals surface area contributed by atoms with Gasteiger partial charge in [0.25, 0.3) is 0 Å². The van der Waals surface area contributed by atoms with Gasteiger partial charge in [0.15, 0.2) is 11.9 Å². The molecule has 1 rings (SSSR count). The van der Waals surface area contributed by atoms with Gasteiger partial charge in [0.2, 0.25) is 0 Å². The molecule has 2 nitrogen and oxygen atoms in total. The Morgan fingerprint density at radius 3 is 2.54 bits per heavy atom. The van der Waals surface area contributed by atoms with Crippen LogP contribution >= 0.6 is 0 Å². The van der Waals surface area contributed by atoms with Gasteiger partial charge in [-0.1, -0.05) is 25.1 Å². The Kier molecular flexibility index (Phi) is 3.50. The molecule has 1 atom stereocenters. The van der Waals surface area contributed by atoms with Gasteiger partial charge in [-0.3, -0.25) is 4.79 Å². The lowest BCUT2D eigenvalue weighted by Gasteiger charge is -2.11. The van der Waals surface area contributed by atoms with Gasteiger partial charge in [-0.15, -0.1) is 0 Å². The van der Waals surface area contributed by atoms with E-state index in [0.717, 1.165) is 5.75 Å². The van der Waals surface area contributed by atoms with E-state index in [-0.39, 0.29) is 11.9 Å². The number of para-hydroxylation sites is 1. The highest BCUT2D eigenvalue weighted by Crippen LogP contribution is 2.11. The summed E-state index contributed by atoms with van der Waals surface area (Å²) in [4.78, 5) is 11.2. The monoisotopic (exact) mass is 178 g/mol. The fourth-order valence-corrected chi connectivity index (χ4v) is 1.06. The van der Waals surface area contributed by atoms with Crippen molar-refractivity contribution in [3.05, 3.63) is 30.3 Å². The smallest absolute Gasteiger partial charge is 0.172 e. The largest absolute Gasteiger partial charge is 0.483 e. The zero-order chi connectivity index (χ0) is 9.68. The highest BCUT2D eigenvalue weighted by molar-refractivity contribution is 5.82. The summed E-state index contributed by atoms with van der Waals surface area (Å²) in [6, 6.07) is 9.38. The van der Waals surface area contributed by atoms with Crippen molar-refractivity contribution in [3.8, 4) is 5.75 Å². The second-order valence-electron chi connectivity index (χ2n) is 2.89. The lowest BCUT2D eigenvalue weighted by atomic mass is 10.2. The maximum absolute atomic E-state index is 11.2. The first kappa shape index (κ1) is 9.78. The molecule has 0 aliphatic heterocycles. The molecule has 1 aromatic carbocycles. The van der Waals surface area contributed by atoms with Gasteiger partial charge < -0.3 is 4.74 Å². The van der Waals surface area contributed by atoms with E-state index in [4.69, 9.17) is 4.74 Å². The molecule has 0 spiro atoms. The molecule has 0 fully saturated rings. The van der Waals surface area contributed by atoms with Crippen molar-refractivity contribution in [1.29, 1.82) is 0 Å². The molecule has 1 aromatic rings. The quantitative estimate of drug-likeness (QED) is 0.707. The zero-order valence-electron chi connectivity index (χ0n) is 7.99. The molecule has 0 aliphatic rings. The lowest BCUT2D eigenvalue weighted by molar-refractivity contribution is -0.124. The molecule has 0 amide bonds. The van der Waals surface area contributed by atoms with E-state index in [9.17, 15) is 4.79 Å². The number of hydrogen-bond acceptors (Lipinski definition) is 2. The third-order valence-electron chi connectivity index (χ3n) is 1.86. The van der Waals surface area contributed by atoms with Gasteiger partial charge in [0.1, 0.15) is 5.75 Å². The van der Waals surface area contributed by atoms with E-state index in [1.165, 1.54) is 0 Å². The highest BCUT2D eigenvalue weighted by atomic mass is 16.5. The van der Waals surface area contributed by atoms with Crippen LogP contribution in [-0.4, -0.2) is 11.9 Å². The summed E-state index contributed by atoms with van der Waals surface area (Å²) in [5, 5.41) is 0. The van der Waals surface area contributed by atoms with Crippen molar-refractivity contribution in [2.75, 3.05) is 0 Å². The first-order chi connectivity index (χ1) is 6.24. The summed E-state index contributed by atoms with van der Waals surface area (Å²) >= 11 is 0. The molecular formula is C11H14O2. The molecule has 0 heterocycles. The van der Waals surface area contributed by atoms with Crippen molar-refractivity contribution in [3.63, 3.8) is 0 Å².